The van der Waals surface area contributed by atoms with Crippen LogP contribution in [0, 0.1) is 0 Å². The molecule has 1 aromatic heterocycles. The van der Waals surface area contributed by atoms with E-state index in [0.717, 1.165) is 10.7 Å². The molecule has 7 heteroatoms. The van der Waals surface area contributed by atoms with Gasteiger partial charge in [0.25, 0.3) is 0 Å². The third-order valence-corrected chi connectivity index (χ3v) is 4.28. The van der Waals surface area contributed by atoms with Crippen molar-refractivity contribution in [2.75, 3.05) is 6.26 Å². The fourth-order valence-electron chi connectivity index (χ4n) is 2.35. The van der Waals surface area contributed by atoms with Gasteiger partial charge in [0.2, 0.25) is 10.0 Å². The van der Waals surface area contributed by atoms with E-state index in [1.807, 2.05) is 0 Å². The molecule has 1 aliphatic rings. The second kappa shape index (κ2) is 4.92. The number of rotatable bonds is 3. The van der Waals surface area contributed by atoms with Crippen LogP contribution in [0.1, 0.15) is 23.8 Å². The van der Waals surface area contributed by atoms with E-state index in [4.69, 9.17) is 4.42 Å². The summed E-state index contributed by atoms with van der Waals surface area (Å²) in [5.41, 5.74) is 1.29. The van der Waals surface area contributed by atoms with Gasteiger partial charge in [0.15, 0.2) is 0 Å². The largest absolute Gasteiger partial charge is 0.508 e. The summed E-state index contributed by atoms with van der Waals surface area (Å²) in [5.74, 6) is 0.655. The fraction of sp³-hybridized carbons (Fsp3) is 0.214. The molecule has 0 spiro atoms. The molecule has 0 aliphatic carbocycles. The molecular weight excluding hydrogens is 292 g/mol. The number of benzene rings is 1. The highest BCUT2D eigenvalue weighted by atomic mass is 32.2. The van der Waals surface area contributed by atoms with Crippen molar-refractivity contribution in [3.05, 3.63) is 54.0 Å². The minimum absolute atomic E-state index is 0.113. The molecule has 110 valence electrons. The van der Waals surface area contributed by atoms with Crippen LogP contribution in [0.5, 0.6) is 5.75 Å². The average Bonchev–Trinajstić information content (AvgIpc) is 3.07. The lowest BCUT2D eigenvalue weighted by Gasteiger charge is -2.18. The Morgan fingerprint density at radius 1 is 1.33 bits per heavy atom. The standard InChI is InChI=1S/C14H14N2O4S/c1-21(18,19)16-13(14-6-3-7-20-14)9-12(15-16)10-4-2-5-11(17)8-10/h2-8,13,17H,9H2,1H3/t13-/m1/s1. The van der Waals surface area contributed by atoms with Crippen molar-refractivity contribution < 1.29 is 17.9 Å². The lowest BCUT2D eigenvalue weighted by molar-refractivity contribution is 0.322. The third-order valence-electron chi connectivity index (χ3n) is 3.26. The van der Waals surface area contributed by atoms with E-state index in [9.17, 15) is 13.5 Å². The Bertz CT molecular complexity index is 781. The smallest absolute Gasteiger partial charge is 0.247 e. The Morgan fingerprint density at radius 3 is 2.76 bits per heavy atom. The maximum absolute atomic E-state index is 11.9. The minimum atomic E-state index is -3.51. The number of sulfonamides is 1. The lowest BCUT2D eigenvalue weighted by Crippen LogP contribution is -2.25. The van der Waals surface area contributed by atoms with Gasteiger partial charge in [-0.1, -0.05) is 12.1 Å². The number of phenolic OH excluding ortho intramolecular Hbond substituents is 1. The summed E-state index contributed by atoms with van der Waals surface area (Å²) < 4.78 is 30.2. The zero-order valence-corrected chi connectivity index (χ0v) is 12.1. The van der Waals surface area contributed by atoms with Gasteiger partial charge in [0.1, 0.15) is 17.6 Å². The Labute approximate surface area is 122 Å². The van der Waals surface area contributed by atoms with Crippen LogP contribution < -0.4 is 0 Å². The quantitative estimate of drug-likeness (QED) is 0.941. The molecule has 1 aliphatic heterocycles. The van der Waals surface area contributed by atoms with Crippen molar-refractivity contribution in [3.63, 3.8) is 0 Å². The van der Waals surface area contributed by atoms with Gasteiger partial charge in [-0.2, -0.15) is 9.52 Å². The van der Waals surface area contributed by atoms with Gasteiger partial charge >= 0.3 is 0 Å². The van der Waals surface area contributed by atoms with Gasteiger partial charge in [-0.25, -0.2) is 8.42 Å². The molecule has 1 aromatic carbocycles. The molecule has 2 heterocycles. The van der Waals surface area contributed by atoms with Crippen LogP contribution in [0.25, 0.3) is 0 Å². The van der Waals surface area contributed by atoms with Gasteiger partial charge < -0.3 is 9.52 Å². The molecule has 21 heavy (non-hydrogen) atoms. The molecule has 0 unspecified atom stereocenters. The maximum Gasteiger partial charge on any atom is 0.247 e. The molecule has 6 nitrogen and oxygen atoms in total. The van der Waals surface area contributed by atoms with E-state index in [2.05, 4.69) is 5.10 Å². The van der Waals surface area contributed by atoms with E-state index in [1.54, 1.807) is 36.4 Å². The normalized spacial score (nSPS) is 18.8. The zero-order chi connectivity index (χ0) is 15.0. The van der Waals surface area contributed by atoms with E-state index in [-0.39, 0.29) is 5.75 Å². The number of hydrogen-bond acceptors (Lipinski definition) is 5. The van der Waals surface area contributed by atoms with E-state index < -0.39 is 16.1 Å². The van der Waals surface area contributed by atoms with Crippen LogP contribution in [0.4, 0.5) is 0 Å². The van der Waals surface area contributed by atoms with Gasteiger partial charge in [-0.3, -0.25) is 0 Å². The van der Waals surface area contributed by atoms with Crippen molar-refractivity contribution in [1.82, 2.24) is 4.41 Å². The monoisotopic (exact) mass is 306 g/mol. The summed E-state index contributed by atoms with van der Waals surface area (Å²) in [5, 5.41) is 13.7. The topological polar surface area (TPSA) is 83.1 Å². The van der Waals surface area contributed by atoms with Crippen molar-refractivity contribution >= 4 is 15.7 Å². The van der Waals surface area contributed by atoms with Gasteiger partial charge in [0, 0.05) is 12.0 Å². The number of hydrogen-bond donors (Lipinski definition) is 1. The van der Waals surface area contributed by atoms with Gasteiger partial charge in [0.05, 0.1) is 18.2 Å². The molecule has 0 saturated heterocycles. The summed E-state index contributed by atoms with van der Waals surface area (Å²) in [6, 6.07) is 9.53. The fourth-order valence-corrected chi connectivity index (χ4v) is 3.23. The predicted molar refractivity (Wildman–Crippen MR) is 77.4 cm³/mol. The predicted octanol–water partition coefficient (Wildman–Crippen LogP) is 2.10. The average molecular weight is 306 g/mol. The van der Waals surface area contributed by atoms with Crippen LogP contribution >= 0.6 is 0 Å². The van der Waals surface area contributed by atoms with Crippen LogP contribution in [-0.2, 0) is 10.0 Å². The molecule has 1 N–H and O–H groups in total. The number of furan rings is 1. The molecule has 3 rings (SSSR count). The first kappa shape index (κ1) is 13.7. The van der Waals surface area contributed by atoms with Crippen molar-refractivity contribution in [1.29, 1.82) is 0 Å². The number of aromatic hydroxyl groups is 1. The second-order valence-electron chi connectivity index (χ2n) is 4.87. The van der Waals surface area contributed by atoms with Crippen LogP contribution in [0.2, 0.25) is 0 Å². The highest BCUT2D eigenvalue weighted by molar-refractivity contribution is 7.88. The number of phenols is 1. The number of hydrazone groups is 1. The lowest BCUT2D eigenvalue weighted by atomic mass is 10.0. The summed E-state index contributed by atoms with van der Waals surface area (Å²) in [4.78, 5) is 0. The first-order chi connectivity index (χ1) is 9.95. The van der Waals surface area contributed by atoms with Crippen LogP contribution in [0.3, 0.4) is 0 Å². The SMILES string of the molecule is CS(=O)(=O)N1N=C(c2cccc(O)c2)C[C@@H]1c1ccco1. The third kappa shape index (κ3) is 2.64. The Balaban J connectivity index is 2.01. The molecule has 0 fully saturated rings. The minimum Gasteiger partial charge on any atom is -0.508 e. The molecule has 0 radical (unpaired) electrons. The summed E-state index contributed by atoms with van der Waals surface area (Å²) in [6.07, 6.45) is 3.00. The van der Waals surface area contributed by atoms with E-state index >= 15 is 0 Å². The summed E-state index contributed by atoms with van der Waals surface area (Å²) in [6.45, 7) is 0. The second-order valence-corrected chi connectivity index (χ2v) is 6.71. The number of nitrogens with zero attached hydrogens (tertiary/aromatic N) is 2. The van der Waals surface area contributed by atoms with E-state index in [1.165, 1.54) is 6.26 Å². The van der Waals surface area contributed by atoms with Gasteiger partial charge in [-0.15, -0.1) is 0 Å². The zero-order valence-electron chi connectivity index (χ0n) is 11.3. The van der Waals surface area contributed by atoms with Crippen LogP contribution in [0.15, 0.2) is 52.2 Å². The molecule has 0 bridgehead atoms. The first-order valence-corrected chi connectivity index (χ1v) is 8.19. The summed E-state index contributed by atoms with van der Waals surface area (Å²) >= 11 is 0. The van der Waals surface area contributed by atoms with Crippen molar-refractivity contribution in [2.24, 2.45) is 5.10 Å². The Morgan fingerprint density at radius 2 is 2.14 bits per heavy atom. The highest BCUT2D eigenvalue weighted by Gasteiger charge is 2.36. The van der Waals surface area contributed by atoms with Crippen LogP contribution in [-0.4, -0.2) is 29.9 Å². The molecule has 2 aromatic rings. The Hall–Kier alpha value is -2.28. The molecule has 1 atom stereocenters. The van der Waals surface area contributed by atoms with Crippen molar-refractivity contribution in [2.45, 2.75) is 12.5 Å². The van der Waals surface area contributed by atoms with Crippen molar-refractivity contribution in [3.8, 4) is 5.75 Å². The molecular formula is C14H14N2O4S. The maximum atomic E-state index is 11.9. The first-order valence-electron chi connectivity index (χ1n) is 6.35. The molecule has 0 saturated carbocycles. The van der Waals surface area contributed by atoms with Gasteiger partial charge in [-0.05, 0) is 24.3 Å². The van der Waals surface area contributed by atoms with E-state index in [0.29, 0.717) is 23.5 Å². The summed E-state index contributed by atoms with van der Waals surface area (Å²) in [7, 11) is -3.51. The Kier molecular flexibility index (Phi) is 3.21. The molecule has 0 amide bonds. The highest BCUT2D eigenvalue weighted by Crippen LogP contribution is 2.35.